The van der Waals surface area contributed by atoms with Crippen LogP contribution in [0.15, 0.2) is 122 Å². The van der Waals surface area contributed by atoms with Crippen molar-refractivity contribution in [2.75, 3.05) is 26.4 Å². The van der Waals surface area contributed by atoms with Gasteiger partial charge < -0.3 is 89.9 Å². The van der Waals surface area contributed by atoms with Crippen LogP contribution in [-0.4, -0.2) is 193 Å². The first-order chi connectivity index (χ1) is 52.3. The summed E-state index contributed by atoms with van der Waals surface area (Å²) in [5.41, 5.74) is 0. The Bertz CT molecular complexity index is 2410. The number of aliphatic hydroxyl groups is 11. The lowest BCUT2D eigenvalue weighted by atomic mass is 9.96. The third kappa shape index (κ3) is 46.1. The number of hydrogen-bond donors (Lipinski definition) is 12. The van der Waals surface area contributed by atoms with Crippen molar-refractivity contribution < 1.29 is 89.4 Å². The highest BCUT2D eigenvalue weighted by Gasteiger charge is 2.54. The summed E-state index contributed by atoms with van der Waals surface area (Å²) in [7, 11) is 0. The van der Waals surface area contributed by atoms with Crippen molar-refractivity contribution in [1.82, 2.24) is 5.32 Å². The summed E-state index contributed by atoms with van der Waals surface area (Å²) in [6.07, 6.45) is 67.7. The van der Waals surface area contributed by atoms with Gasteiger partial charge in [0.05, 0.1) is 38.6 Å². The summed E-state index contributed by atoms with van der Waals surface area (Å²) in [6.45, 7) is 1.61. The van der Waals surface area contributed by atoms with Crippen LogP contribution >= 0.6 is 0 Å². The molecule has 0 spiro atoms. The number of nitrogens with one attached hydrogen (secondary N) is 1. The molecule has 17 unspecified atom stereocenters. The van der Waals surface area contributed by atoms with Gasteiger partial charge in [-0.25, -0.2) is 0 Å². The van der Waals surface area contributed by atoms with E-state index in [1.165, 1.54) is 173 Å². The van der Waals surface area contributed by atoms with Crippen molar-refractivity contribution in [3.63, 3.8) is 0 Å². The molecule has 0 aromatic heterocycles. The summed E-state index contributed by atoms with van der Waals surface area (Å²) >= 11 is 0. The third-order valence-corrected chi connectivity index (χ3v) is 20.2. The van der Waals surface area contributed by atoms with Crippen molar-refractivity contribution >= 4 is 5.91 Å². The second-order valence-electron chi connectivity index (χ2n) is 29.5. The van der Waals surface area contributed by atoms with Crippen LogP contribution in [0.2, 0.25) is 0 Å². The van der Waals surface area contributed by atoms with E-state index in [1.807, 2.05) is 6.08 Å². The molecule has 1 amide bonds. The highest BCUT2D eigenvalue weighted by molar-refractivity contribution is 5.76. The maximum atomic E-state index is 13.5. The second-order valence-corrected chi connectivity index (χ2v) is 29.5. The van der Waals surface area contributed by atoms with E-state index in [9.17, 15) is 61.0 Å². The Morgan fingerprint density at radius 2 is 0.654 bits per heavy atom. The Kier molecular flexibility index (Phi) is 60.8. The normalized spacial score (nSPS) is 26.2. The molecule has 3 aliphatic rings. The van der Waals surface area contributed by atoms with E-state index in [2.05, 4.69) is 129 Å². The molecule has 0 bridgehead atoms. The van der Waals surface area contributed by atoms with Crippen LogP contribution in [-0.2, 0) is 33.2 Å². The summed E-state index contributed by atoms with van der Waals surface area (Å²) in [5, 5.41) is 121. The van der Waals surface area contributed by atoms with Gasteiger partial charge in [-0.1, -0.05) is 309 Å². The predicted octanol–water partition coefficient (Wildman–Crippen LogP) is 15.1. The zero-order valence-electron chi connectivity index (χ0n) is 66.1. The molecule has 12 N–H and O–H groups in total. The Morgan fingerprint density at radius 3 is 1.05 bits per heavy atom. The smallest absolute Gasteiger partial charge is 0.220 e. The monoisotopic (exact) mass is 1510 g/mol. The highest BCUT2D eigenvalue weighted by Crippen LogP contribution is 2.33. The molecule has 3 saturated heterocycles. The summed E-state index contributed by atoms with van der Waals surface area (Å²) in [6, 6.07) is -1.00. The minimum atomic E-state index is -1.99. The lowest BCUT2D eigenvalue weighted by Crippen LogP contribution is -2.66. The minimum absolute atomic E-state index is 0.229. The predicted molar refractivity (Wildman–Crippen MR) is 429 cm³/mol. The van der Waals surface area contributed by atoms with Gasteiger partial charge >= 0.3 is 0 Å². The van der Waals surface area contributed by atoms with E-state index in [0.29, 0.717) is 12.8 Å². The van der Waals surface area contributed by atoms with Crippen LogP contribution < -0.4 is 5.32 Å². The highest BCUT2D eigenvalue weighted by atomic mass is 16.8. The van der Waals surface area contributed by atoms with Crippen LogP contribution in [0.4, 0.5) is 0 Å². The van der Waals surface area contributed by atoms with E-state index in [-0.39, 0.29) is 18.9 Å². The summed E-state index contributed by atoms with van der Waals surface area (Å²) < 4.78 is 34.4. The number of rotatable bonds is 66. The number of carbonyl (C=O) groups excluding carboxylic acids is 1. The molecule has 3 aliphatic heterocycles. The number of aliphatic hydroxyl groups excluding tert-OH is 11. The molecular formula is C88H151NO18. The van der Waals surface area contributed by atoms with E-state index in [1.54, 1.807) is 6.08 Å². The second kappa shape index (κ2) is 66.8. The number of carbonyl (C=O) groups is 1. The van der Waals surface area contributed by atoms with Crippen molar-refractivity contribution in [3.8, 4) is 0 Å². The van der Waals surface area contributed by atoms with Crippen LogP contribution in [0.5, 0.6) is 0 Å². The van der Waals surface area contributed by atoms with Crippen LogP contribution in [0, 0.1) is 0 Å². The van der Waals surface area contributed by atoms with Crippen molar-refractivity contribution in [1.29, 1.82) is 0 Å². The quantitative estimate of drug-likeness (QED) is 0.0199. The fraction of sp³-hybridized carbons (Fsp3) is 0.761. The molecule has 3 rings (SSSR count). The Morgan fingerprint density at radius 1 is 0.346 bits per heavy atom. The van der Waals surface area contributed by atoms with Gasteiger partial charge in [0.2, 0.25) is 5.91 Å². The molecule has 19 nitrogen and oxygen atoms in total. The number of allylic oxidation sites excluding steroid dienone is 19. The molecule has 0 aromatic carbocycles. The third-order valence-electron chi connectivity index (χ3n) is 20.2. The van der Waals surface area contributed by atoms with E-state index in [4.69, 9.17) is 28.4 Å². The van der Waals surface area contributed by atoms with Crippen LogP contribution in [0.3, 0.4) is 0 Å². The number of amides is 1. The maximum absolute atomic E-state index is 13.5. The topological polar surface area (TPSA) is 307 Å². The van der Waals surface area contributed by atoms with Crippen LogP contribution in [0.25, 0.3) is 0 Å². The Hall–Kier alpha value is -3.81. The van der Waals surface area contributed by atoms with Crippen molar-refractivity contribution in [2.45, 2.75) is 401 Å². The lowest BCUT2D eigenvalue weighted by Gasteiger charge is -2.48. The molecule has 0 saturated carbocycles. The molecule has 17 atom stereocenters. The SMILES string of the molecule is CC/C=C\C/C=C\C/C=C\C/C=C\C/C=C\C/C=C\C/C=C\CCCCCCCCCCCCCCCCCCCCCC(=O)NC(COC1OC(CO)C(OC2OC(CO)C(OC3OC(CO)C(O)C(O)C3O)C(O)C2O)C(O)C1O)C(O)/C=C/CC/C=C/CC/C=C/CCCCCCCCCCCCC. The van der Waals surface area contributed by atoms with Crippen molar-refractivity contribution in [2.24, 2.45) is 0 Å². The number of hydrogen-bond acceptors (Lipinski definition) is 18. The summed E-state index contributed by atoms with van der Waals surface area (Å²) in [5.74, 6) is -0.289. The van der Waals surface area contributed by atoms with Gasteiger partial charge in [0.15, 0.2) is 18.9 Å². The largest absolute Gasteiger partial charge is 0.394 e. The number of unbranched alkanes of at least 4 members (excludes halogenated alkanes) is 32. The van der Waals surface area contributed by atoms with Gasteiger partial charge in [-0.15, -0.1) is 0 Å². The minimum Gasteiger partial charge on any atom is -0.394 e. The molecule has 19 heteroatoms. The first-order valence-corrected chi connectivity index (χ1v) is 42.3. The first-order valence-electron chi connectivity index (χ1n) is 42.3. The van der Waals surface area contributed by atoms with Gasteiger partial charge in [-0.3, -0.25) is 4.79 Å². The Labute approximate surface area is 646 Å². The van der Waals surface area contributed by atoms with Gasteiger partial charge in [-0.2, -0.15) is 0 Å². The molecule has 3 fully saturated rings. The molecule has 616 valence electrons. The standard InChI is InChI=1S/C88H151NO18/c1-3-5-7-9-11-13-15-17-19-21-23-25-26-27-28-29-30-31-32-33-34-35-36-37-38-39-40-41-42-43-44-46-48-50-52-54-56-58-60-62-64-66-76(94)89-71(72(93)65-63-61-59-57-55-53-51-49-47-45-24-22-20-18-16-14-12-10-8-6-4-2)70-102-86-82(100)79(97)84(74(68-91)104-86)107-88-83(101)80(98)85(75(69-92)105-88)106-87-81(99)78(96)77(95)73(67-90)103-87/h5,7,11,13,17,19,23,25,27-28,30-31,33-34,47,49,55,57,63,65,71-75,77-88,90-93,95-101H,3-4,6,8-10,12,14-16,18,20-22,24,26,29,32,35-46,48,50-54,56,58-62,64,66-70H2,1-2H3,(H,89,94)/b7-5-,13-11-,19-17-,25-23-,28-27-,31-30-,34-33-,49-47+,57-55+,65-63+. The summed E-state index contributed by atoms with van der Waals surface area (Å²) in [4.78, 5) is 13.5. The molecule has 0 radical (unpaired) electrons. The molecule has 3 heterocycles. The van der Waals surface area contributed by atoms with Gasteiger partial charge in [0.25, 0.3) is 0 Å². The fourth-order valence-electron chi connectivity index (χ4n) is 13.5. The Balaban J connectivity index is 1.32. The zero-order chi connectivity index (χ0) is 77.4. The van der Waals surface area contributed by atoms with Gasteiger partial charge in [-0.05, 0) is 103 Å². The zero-order valence-corrected chi connectivity index (χ0v) is 66.1. The number of ether oxygens (including phenoxy) is 6. The molecule has 107 heavy (non-hydrogen) atoms. The molecule has 0 aromatic rings. The first kappa shape index (κ1) is 97.4. The molecular weight excluding hydrogens is 1360 g/mol. The average Bonchev–Trinajstić information content (AvgIpc) is 0.782. The fourth-order valence-corrected chi connectivity index (χ4v) is 13.5. The van der Waals surface area contributed by atoms with Gasteiger partial charge in [0.1, 0.15) is 73.2 Å². The van der Waals surface area contributed by atoms with Crippen molar-refractivity contribution in [3.05, 3.63) is 122 Å². The van der Waals surface area contributed by atoms with E-state index in [0.717, 1.165) is 89.9 Å². The van der Waals surface area contributed by atoms with Crippen LogP contribution in [0.1, 0.15) is 296 Å². The average molecular weight is 1510 g/mol. The van der Waals surface area contributed by atoms with E-state index >= 15 is 0 Å². The lowest BCUT2D eigenvalue weighted by molar-refractivity contribution is -0.379. The van der Waals surface area contributed by atoms with Gasteiger partial charge in [0, 0.05) is 6.42 Å². The maximum Gasteiger partial charge on any atom is 0.220 e. The van der Waals surface area contributed by atoms with E-state index < -0.39 is 124 Å². The molecule has 0 aliphatic carbocycles.